The molecule has 0 spiro atoms. The van der Waals surface area contributed by atoms with Crippen LogP contribution in [-0.4, -0.2) is 11.5 Å². The highest BCUT2D eigenvalue weighted by molar-refractivity contribution is 5.50. The lowest BCUT2D eigenvalue weighted by molar-refractivity contribution is 0.472. The normalized spacial score (nSPS) is 10.4. The maximum Gasteiger partial charge on any atom is 0.147 e. The predicted molar refractivity (Wildman–Crippen MR) is 83.7 cm³/mol. The molecule has 2 aromatic rings. The lowest BCUT2D eigenvalue weighted by Crippen LogP contribution is -2.00. The van der Waals surface area contributed by atoms with E-state index >= 15 is 0 Å². The van der Waals surface area contributed by atoms with Gasteiger partial charge >= 0.3 is 0 Å². The molecule has 0 atom stereocenters. The molecule has 1 heterocycles. The van der Waals surface area contributed by atoms with Gasteiger partial charge in [0, 0.05) is 12.6 Å². The Labute approximate surface area is 121 Å². The van der Waals surface area contributed by atoms with E-state index < -0.39 is 0 Å². The first-order chi connectivity index (χ1) is 9.61. The quantitative estimate of drug-likeness (QED) is 0.860. The number of benzene rings is 1. The van der Waals surface area contributed by atoms with Gasteiger partial charge in [-0.2, -0.15) is 0 Å². The zero-order chi connectivity index (χ0) is 14.5. The summed E-state index contributed by atoms with van der Waals surface area (Å²) in [5.41, 5.74) is 4.54. The van der Waals surface area contributed by atoms with Gasteiger partial charge in [-0.1, -0.05) is 19.1 Å². The fraction of sp³-hybridized carbons (Fsp3) is 0.353. The Kier molecular flexibility index (Phi) is 4.61. The van der Waals surface area contributed by atoms with Crippen molar-refractivity contribution in [2.75, 3.05) is 11.9 Å². The van der Waals surface area contributed by atoms with Crippen LogP contribution in [0.5, 0.6) is 11.5 Å². The zero-order valence-electron chi connectivity index (χ0n) is 12.7. The van der Waals surface area contributed by atoms with Crippen molar-refractivity contribution in [1.82, 2.24) is 4.98 Å². The van der Waals surface area contributed by atoms with Crippen LogP contribution in [-0.2, 0) is 0 Å². The molecule has 2 rings (SSSR count). The molecule has 0 saturated heterocycles. The molecule has 0 fully saturated rings. The highest BCUT2D eigenvalue weighted by Crippen LogP contribution is 2.31. The minimum Gasteiger partial charge on any atom is -0.455 e. The van der Waals surface area contributed by atoms with Gasteiger partial charge < -0.3 is 10.1 Å². The van der Waals surface area contributed by atoms with Crippen LogP contribution in [0.25, 0.3) is 0 Å². The molecule has 106 valence electrons. The standard InChI is InChI=1S/C17H22N2O/c1-5-8-19-15-9-16(11-18-10-15)20-17-13(3)7-6-12(2)14(17)4/h6-7,9-11,19H,5,8H2,1-4H3. The van der Waals surface area contributed by atoms with Crippen LogP contribution in [0.3, 0.4) is 0 Å². The molecule has 0 saturated carbocycles. The van der Waals surface area contributed by atoms with Gasteiger partial charge in [0.05, 0.1) is 18.1 Å². The molecular formula is C17H22N2O. The van der Waals surface area contributed by atoms with Crippen molar-refractivity contribution in [3.8, 4) is 11.5 Å². The Hall–Kier alpha value is -2.03. The molecule has 0 aliphatic rings. The van der Waals surface area contributed by atoms with E-state index in [1.807, 2.05) is 12.3 Å². The van der Waals surface area contributed by atoms with E-state index in [-0.39, 0.29) is 0 Å². The number of hydrogen-bond donors (Lipinski definition) is 1. The van der Waals surface area contributed by atoms with Crippen LogP contribution in [0, 0.1) is 20.8 Å². The Bertz CT molecular complexity index is 594. The van der Waals surface area contributed by atoms with Crippen molar-refractivity contribution < 1.29 is 4.74 Å². The SMILES string of the molecule is CCCNc1cncc(Oc2c(C)ccc(C)c2C)c1. The smallest absolute Gasteiger partial charge is 0.147 e. The van der Waals surface area contributed by atoms with Crippen molar-refractivity contribution in [1.29, 1.82) is 0 Å². The molecule has 1 aromatic carbocycles. The lowest BCUT2D eigenvalue weighted by Gasteiger charge is -2.14. The average Bonchev–Trinajstić information content (AvgIpc) is 2.46. The third-order valence-electron chi connectivity index (χ3n) is 3.39. The molecule has 0 aliphatic carbocycles. The Morgan fingerprint density at radius 1 is 1.10 bits per heavy atom. The van der Waals surface area contributed by atoms with Gasteiger partial charge in [-0.05, 0) is 43.9 Å². The summed E-state index contributed by atoms with van der Waals surface area (Å²) < 4.78 is 6.04. The maximum absolute atomic E-state index is 6.04. The topological polar surface area (TPSA) is 34.2 Å². The first-order valence-corrected chi connectivity index (χ1v) is 7.05. The fourth-order valence-electron chi connectivity index (χ4n) is 2.04. The first kappa shape index (κ1) is 14.4. The van der Waals surface area contributed by atoms with E-state index in [4.69, 9.17) is 4.74 Å². The lowest BCUT2D eigenvalue weighted by atomic mass is 10.1. The highest BCUT2D eigenvalue weighted by Gasteiger charge is 2.08. The number of hydrogen-bond acceptors (Lipinski definition) is 3. The van der Waals surface area contributed by atoms with Crippen molar-refractivity contribution in [2.45, 2.75) is 34.1 Å². The second kappa shape index (κ2) is 6.42. The summed E-state index contributed by atoms with van der Waals surface area (Å²) in [4.78, 5) is 4.23. The first-order valence-electron chi connectivity index (χ1n) is 7.05. The van der Waals surface area contributed by atoms with Crippen LogP contribution in [0.2, 0.25) is 0 Å². The third-order valence-corrected chi connectivity index (χ3v) is 3.39. The van der Waals surface area contributed by atoms with Crippen LogP contribution in [0.4, 0.5) is 5.69 Å². The van der Waals surface area contributed by atoms with Crippen molar-refractivity contribution >= 4 is 5.69 Å². The Balaban J connectivity index is 2.24. The number of anilines is 1. The maximum atomic E-state index is 6.04. The number of nitrogens with one attached hydrogen (secondary N) is 1. The van der Waals surface area contributed by atoms with E-state index in [0.29, 0.717) is 0 Å². The highest BCUT2D eigenvalue weighted by atomic mass is 16.5. The molecule has 0 radical (unpaired) electrons. The molecule has 0 bridgehead atoms. The molecule has 3 heteroatoms. The van der Waals surface area contributed by atoms with Crippen LogP contribution >= 0.6 is 0 Å². The minimum absolute atomic E-state index is 0.767. The summed E-state index contributed by atoms with van der Waals surface area (Å²) in [7, 11) is 0. The summed E-state index contributed by atoms with van der Waals surface area (Å²) in [6.07, 6.45) is 4.65. The van der Waals surface area contributed by atoms with Gasteiger partial charge in [0.2, 0.25) is 0 Å². The van der Waals surface area contributed by atoms with Crippen LogP contribution in [0.1, 0.15) is 30.0 Å². The van der Waals surface area contributed by atoms with Gasteiger partial charge in [-0.15, -0.1) is 0 Å². The average molecular weight is 270 g/mol. The van der Waals surface area contributed by atoms with Gasteiger partial charge in [0.25, 0.3) is 0 Å². The van der Waals surface area contributed by atoms with Crippen LogP contribution in [0.15, 0.2) is 30.6 Å². The summed E-state index contributed by atoms with van der Waals surface area (Å²) in [5.74, 6) is 1.70. The predicted octanol–water partition coefficient (Wildman–Crippen LogP) is 4.62. The molecule has 1 N–H and O–H groups in total. The molecule has 3 nitrogen and oxygen atoms in total. The zero-order valence-corrected chi connectivity index (χ0v) is 12.7. The van der Waals surface area contributed by atoms with E-state index in [1.54, 1.807) is 6.20 Å². The van der Waals surface area contributed by atoms with E-state index in [0.717, 1.165) is 35.7 Å². The summed E-state index contributed by atoms with van der Waals surface area (Å²) >= 11 is 0. The van der Waals surface area contributed by atoms with E-state index in [2.05, 4.69) is 50.1 Å². The Morgan fingerprint density at radius 2 is 1.85 bits per heavy atom. The van der Waals surface area contributed by atoms with Crippen molar-refractivity contribution in [3.05, 3.63) is 47.3 Å². The number of ether oxygens (including phenoxy) is 1. The number of nitrogens with zero attached hydrogens (tertiary/aromatic N) is 1. The van der Waals surface area contributed by atoms with Gasteiger partial charge in [0.15, 0.2) is 0 Å². The van der Waals surface area contributed by atoms with Crippen molar-refractivity contribution in [3.63, 3.8) is 0 Å². The number of pyridine rings is 1. The second-order valence-electron chi connectivity index (χ2n) is 5.09. The molecule has 1 aromatic heterocycles. The van der Waals surface area contributed by atoms with Crippen molar-refractivity contribution in [2.24, 2.45) is 0 Å². The number of aryl methyl sites for hydroxylation is 2. The van der Waals surface area contributed by atoms with Gasteiger partial charge in [-0.3, -0.25) is 4.98 Å². The summed E-state index contributed by atoms with van der Waals surface area (Å²) in [5, 5.41) is 3.32. The second-order valence-corrected chi connectivity index (χ2v) is 5.09. The minimum atomic E-state index is 0.767. The van der Waals surface area contributed by atoms with Crippen LogP contribution < -0.4 is 10.1 Å². The Morgan fingerprint density at radius 3 is 2.60 bits per heavy atom. The number of rotatable bonds is 5. The molecular weight excluding hydrogens is 248 g/mol. The monoisotopic (exact) mass is 270 g/mol. The van der Waals surface area contributed by atoms with Gasteiger partial charge in [-0.25, -0.2) is 0 Å². The molecule has 0 amide bonds. The molecule has 0 unspecified atom stereocenters. The number of aromatic nitrogens is 1. The molecule has 20 heavy (non-hydrogen) atoms. The third kappa shape index (κ3) is 3.29. The fourth-order valence-corrected chi connectivity index (χ4v) is 2.04. The van der Waals surface area contributed by atoms with E-state index in [1.165, 1.54) is 11.1 Å². The molecule has 0 aliphatic heterocycles. The largest absolute Gasteiger partial charge is 0.455 e. The van der Waals surface area contributed by atoms with E-state index in [9.17, 15) is 0 Å². The van der Waals surface area contributed by atoms with Gasteiger partial charge in [0.1, 0.15) is 11.5 Å². The summed E-state index contributed by atoms with van der Waals surface area (Å²) in [6, 6.07) is 6.20. The summed E-state index contributed by atoms with van der Waals surface area (Å²) in [6.45, 7) is 9.33.